The molecule has 1 saturated carbocycles. The van der Waals surface area contributed by atoms with Crippen LogP contribution in [0, 0.1) is 17.2 Å². The lowest BCUT2D eigenvalue weighted by atomic mass is 9.56. The number of anilines is 1. The summed E-state index contributed by atoms with van der Waals surface area (Å²) in [5, 5.41) is 0. The zero-order chi connectivity index (χ0) is 21.7. The number of sulfonamides is 1. The van der Waals surface area contributed by atoms with Gasteiger partial charge in [-0.1, -0.05) is 13.8 Å². The Morgan fingerprint density at radius 2 is 1.77 bits per heavy atom. The maximum atomic E-state index is 13.0. The third-order valence-electron chi connectivity index (χ3n) is 6.28. The molecule has 2 aliphatic rings. The minimum Gasteiger partial charge on any atom is -0.377 e. The fraction of sp³-hybridized carbons (Fsp3) is 0.409. The van der Waals surface area contributed by atoms with Crippen molar-refractivity contribution >= 4 is 21.6 Å². The first-order chi connectivity index (χ1) is 14.1. The first kappa shape index (κ1) is 20.8. The van der Waals surface area contributed by atoms with Crippen molar-refractivity contribution in [2.24, 2.45) is 11.3 Å². The molecule has 0 aromatic heterocycles. The Hall–Kier alpha value is -2.45. The maximum Gasteiger partial charge on any atom is 0.261 e. The summed E-state index contributed by atoms with van der Waals surface area (Å²) in [5.74, 6) is -0.256. The predicted molar refractivity (Wildman–Crippen MR) is 111 cm³/mol. The van der Waals surface area contributed by atoms with E-state index in [4.69, 9.17) is 4.74 Å². The summed E-state index contributed by atoms with van der Waals surface area (Å²) >= 11 is 0. The SMILES string of the molecule is CN(C(=O)c1ccc(NS(=O)(=O)c2ccc(F)cc2)cc1)C1C2CCOC2C1(C)C. The van der Waals surface area contributed by atoms with E-state index in [9.17, 15) is 17.6 Å². The number of nitrogens with zero attached hydrogens (tertiary/aromatic N) is 1. The highest BCUT2D eigenvalue weighted by atomic mass is 32.2. The van der Waals surface area contributed by atoms with Crippen LogP contribution in [0.25, 0.3) is 0 Å². The summed E-state index contributed by atoms with van der Waals surface area (Å²) in [6.07, 6.45) is 1.15. The minimum atomic E-state index is -3.84. The summed E-state index contributed by atoms with van der Waals surface area (Å²) in [5.41, 5.74) is 0.711. The number of rotatable bonds is 5. The lowest BCUT2D eigenvalue weighted by Crippen LogP contribution is -2.66. The quantitative estimate of drug-likeness (QED) is 0.785. The van der Waals surface area contributed by atoms with Gasteiger partial charge < -0.3 is 9.64 Å². The Kier molecular flexibility index (Phi) is 5.10. The number of carbonyl (C=O) groups excluding carboxylic acids is 1. The van der Waals surface area contributed by atoms with Gasteiger partial charge in [-0.15, -0.1) is 0 Å². The molecule has 0 bridgehead atoms. The summed E-state index contributed by atoms with van der Waals surface area (Å²) in [4.78, 5) is 14.8. The predicted octanol–water partition coefficient (Wildman–Crippen LogP) is 3.51. The number of hydrogen-bond donors (Lipinski definition) is 1. The fourth-order valence-corrected chi connectivity index (χ4v) is 5.98. The topological polar surface area (TPSA) is 75.7 Å². The van der Waals surface area contributed by atoms with Crippen LogP contribution in [0.5, 0.6) is 0 Å². The fourth-order valence-electron chi connectivity index (χ4n) is 4.92. The van der Waals surface area contributed by atoms with Gasteiger partial charge in [-0.3, -0.25) is 9.52 Å². The second-order valence-electron chi connectivity index (χ2n) is 8.56. The van der Waals surface area contributed by atoms with E-state index in [1.165, 1.54) is 12.1 Å². The molecule has 0 radical (unpaired) electrons. The molecule has 0 spiro atoms. The first-order valence-electron chi connectivity index (χ1n) is 9.88. The standard InChI is InChI=1S/C22H25FN2O4S/c1-22(2)19(18-12-13-29-20(18)22)25(3)21(26)14-4-8-16(9-5-14)24-30(27,28)17-10-6-15(23)7-11-17/h4-11,18-20,24H,12-13H2,1-3H3. The van der Waals surface area contributed by atoms with Crippen LogP contribution in [0.3, 0.4) is 0 Å². The van der Waals surface area contributed by atoms with Crippen molar-refractivity contribution in [1.82, 2.24) is 4.90 Å². The van der Waals surface area contributed by atoms with E-state index in [0.717, 1.165) is 25.2 Å². The Morgan fingerprint density at radius 3 is 2.40 bits per heavy atom. The van der Waals surface area contributed by atoms with E-state index in [2.05, 4.69) is 18.6 Å². The average Bonchev–Trinajstić information content (AvgIpc) is 3.14. The maximum absolute atomic E-state index is 13.0. The number of hydrogen-bond acceptors (Lipinski definition) is 4. The van der Waals surface area contributed by atoms with Crippen LogP contribution < -0.4 is 4.72 Å². The zero-order valence-electron chi connectivity index (χ0n) is 17.1. The van der Waals surface area contributed by atoms with Crippen LogP contribution in [-0.2, 0) is 14.8 Å². The normalized spacial score (nSPS) is 24.6. The molecule has 4 rings (SSSR count). The number of carbonyl (C=O) groups is 1. The van der Waals surface area contributed by atoms with Crippen LogP contribution >= 0.6 is 0 Å². The Bertz CT molecular complexity index is 1050. The van der Waals surface area contributed by atoms with Gasteiger partial charge in [0.15, 0.2) is 0 Å². The number of benzene rings is 2. The Balaban J connectivity index is 1.47. The van der Waals surface area contributed by atoms with Gasteiger partial charge in [-0.05, 0) is 55.0 Å². The van der Waals surface area contributed by atoms with Gasteiger partial charge in [0.25, 0.3) is 15.9 Å². The van der Waals surface area contributed by atoms with E-state index in [1.54, 1.807) is 29.2 Å². The molecule has 1 amide bonds. The molecule has 30 heavy (non-hydrogen) atoms. The number of halogens is 1. The minimum absolute atomic E-state index is 0.0377. The second-order valence-corrected chi connectivity index (χ2v) is 10.2. The van der Waals surface area contributed by atoms with Crippen molar-refractivity contribution in [3.05, 3.63) is 59.9 Å². The molecule has 2 aromatic rings. The third-order valence-corrected chi connectivity index (χ3v) is 7.68. The monoisotopic (exact) mass is 432 g/mol. The van der Waals surface area contributed by atoms with Crippen LogP contribution in [0.2, 0.25) is 0 Å². The molecule has 8 heteroatoms. The van der Waals surface area contributed by atoms with Gasteiger partial charge in [-0.2, -0.15) is 0 Å². The van der Waals surface area contributed by atoms with Crippen LogP contribution in [0.4, 0.5) is 10.1 Å². The Morgan fingerprint density at radius 1 is 1.13 bits per heavy atom. The molecule has 1 N–H and O–H groups in total. The number of ether oxygens (including phenoxy) is 1. The third kappa shape index (κ3) is 3.48. The van der Waals surface area contributed by atoms with Gasteiger partial charge in [0.2, 0.25) is 0 Å². The smallest absolute Gasteiger partial charge is 0.261 e. The highest BCUT2D eigenvalue weighted by Crippen LogP contribution is 2.54. The average molecular weight is 433 g/mol. The van der Waals surface area contributed by atoms with E-state index in [0.29, 0.717) is 17.2 Å². The van der Waals surface area contributed by atoms with Crippen molar-refractivity contribution < 1.29 is 22.3 Å². The van der Waals surface area contributed by atoms with Crippen molar-refractivity contribution in [1.29, 1.82) is 0 Å². The molecule has 2 aromatic carbocycles. The highest BCUT2D eigenvalue weighted by molar-refractivity contribution is 7.92. The lowest BCUT2D eigenvalue weighted by molar-refractivity contribution is -0.139. The molecule has 3 atom stereocenters. The molecule has 1 aliphatic carbocycles. The molecule has 6 nitrogen and oxygen atoms in total. The summed E-state index contributed by atoms with van der Waals surface area (Å²) in [7, 11) is -2.03. The van der Waals surface area contributed by atoms with Crippen molar-refractivity contribution in [3.63, 3.8) is 0 Å². The molecule has 2 fully saturated rings. The van der Waals surface area contributed by atoms with Gasteiger partial charge in [-0.25, -0.2) is 12.8 Å². The lowest BCUT2D eigenvalue weighted by Gasteiger charge is -2.57. The first-order valence-corrected chi connectivity index (χ1v) is 11.4. The van der Waals surface area contributed by atoms with Crippen molar-refractivity contribution in [2.75, 3.05) is 18.4 Å². The van der Waals surface area contributed by atoms with Gasteiger partial charge in [0, 0.05) is 42.3 Å². The number of amides is 1. The van der Waals surface area contributed by atoms with E-state index in [1.807, 2.05) is 7.05 Å². The molecule has 160 valence electrons. The highest BCUT2D eigenvalue weighted by Gasteiger charge is 2.61. The number of fused-ring (bicyclic) bond motifs is 1. The van der Waals surface area contributed by atoms with E-state index >= 15 is 0 Å². The zero-order valence-corrected chi connectivity index (χ0v) is 17.9. The second kappa shape index (κ2) is 7.35. The van der Waals surface area contributed by atoms with Crippen molar-refractivity contribution in [2.45, 2.75) is 37.3 Å². The van der Waals surface area contributed by atoms with Crippen LogP contribution in [0.15, 0.2) is 53.4 Å². The molecular weight excluding hydrogens is 407 g/mol. The Labute approximate surface area is 176 Å². The molecular formula is C22H25FN2O4S. The van der Waals surface area contributed by atoms with Crippen molar-refractivity contribution in [3.8, 4) is 0 Å². The summed E-state index contributed by atoms with van der Waals surface area (Å²) in [6, 6.07) is 11.0. The van der Waals surface area contributed by atoms with Gasteiger partial charge in [0.1, 0.15) is 5.82 Å². The molecule has 1 saturated heterocycles. The van der Waals surface area contributed by atoms with E-state index < -0.39 is 15.8 Å². The molecule has 3 unspecified atom stereocenters. The number of nitrogens with one attached hydrogen (secondary N) is 1. The van der Waals surface area contributed by atoms with Gasteiger partial charge >= 0.3 is 0 Å². The summed E-state index contributed by atoms with van der Waals surface area (Å²) in [6.45, 7) is 4.99. The largest absolute Gasteiger partial charge is 0.377 e. The van der Waals surface area contributed by atoms with Gasteiger partial charge in [0.05, 0.1) is 11.0 Å². The van der Waals surface area contributed by atoms with Crippen LogP contribution in [-0.4, -0.2) is 45.0 Å². The molecule has 1 heterocycles. The van der Waals surface area contributed by atoms with Crippen LogP contribution in [0.1, 0.15) is 30.6 Å². The summed E-state index contributed by atoms with van der Waals surface area (Å²) < 4.78 is 46.2. The molecule has 1 aliphatic heterocycles. The van der Waals surface area contributed by atoms with E-state index in [-0.39, 0.29) is 28.4 Å².